The highest BCUT2D eigenvalue weighted by atomic mass is 79.9. The molecule has 0 atom stereocenters. The maximum Gasteiger partial charge on any atom is 0.417 e. The first-order valence-electron chi connectivity index (χ1n) is 7.23. The molecule has 0 N–H and O–H groups in total. The molecule has 1 aromatic carbocycles. The van der Waals surface area contributed by atoms with E-state index in [4.69, 9.17) is 21.1 Å². The first-order chi connectivity index (χ1) is 12.1. The van der Waals surface area contributed by atoms with E-state index in [1.807, 2.05) is 0 Å². The van der Waals surface area contributed by atoms with Gasteiger partial charge in [0.2, 0.25) is 5.88 Å². The molecule has 1 heterocycles. The lowest BCUT2D eigenvalue weighted by atomic mass is 10.1. The molecule has 2 aromatic rings. The van der Waals surface area contributed by atoms with E-state index in [0.717, 1.165) is 20.6 Å². The Morgan fingerprint density at radius 2 is 1.81 bits per heavy atom. The number of aromatic nitrogens is 1. The van der Waals surface area contributed by atoms with E-state index < -0.39 is 11.7 Å². The molecule has 26 heavy (non-hydrogen) atoms. The number of pyridine rings is 1. The van der Waals surface area contributed by atoms with E-state index in [0.29, 0.717) is 24.3 Å². The van der Waals surface area contributed by atoms with Crippen molar-refractivity contribution < 1.29 is 22.6 Å². The number of benzene rings is 1. The maximum atomic E-state index is 12.7. The molecule has 0 saturated carbocycles. The van der Waals surface area contributed by atoms with Crippen LogP contribution < -0.4 is 9.47 Å². The van der Waals surface area contributed by atoms with Crippen LogP contribution in [0.2, 0.25) is 5.02 Å². The van der Waals surface area contributed by atoms with Crippen molar-refractivity contribution in [2.75, 3.05) is 6.61 Å². The Kier molecular flexibility index (Phi) is 6.99. The van der Waals surface area contributed by atoms with Crippen molar-refractivity contribution in [3.8, 4) is 17.4 Å². The van der Waals surface area contributed by atoms with Crippen molar-refractivity contribution in [1.29, 1.82) is 0 Å². The van der Waals surface area contributed by atoms with Crippen LogP contribution >= 0.6 is 43.5 Å². The van der Waals surface area contributed by atoms with Crippen molar-refractivity contribution in [2.45, 2.75) is 20.0 Å². The maximum absolute atomic E-state index is 12.7. The van der Waals surface area contributed by atoms with E-state index in [1.165, 1.54) is 0 Å². The van der Waals surface area contributed by atoms with Crippen molar-refractivity contribution in [2.24, 2.45) is 0 Å². The van der Waals surface area contributed by atoms with Crippen LogP contribution in [0.1, 0.15) is 16.7 Å². The Hall–Kier alpha value is -1.25. The zero-order valence-corrected chi connectivity index (χ0v) is 17.6. The van der Waals surface area contributed by atoms with Gasteiger partial charge in [0.15, 0.2) is 0 Å². The fourth-order valence-electron chi connectivity index (χ4n) is 2.11. The lowest BCUT2D eigenvalue weighted by Crippen LogP contribution is -2.06. The topological polar surface area (TPSA) is 31.4 Å². The van der Waals surface area contributed by atoms with Gasteiger partial charge < -0.3 is 9.47 Å². The van der Waals surface area contributed by atoms with Gasteiger partial charge in [-0.05, 0) is 81.1 Å². The average Bonchev–Trinajstić information content (AvgIpc) is 2.50. The second-order valence-corrected chi connectivity index (χ2v) is 8.48. The van der Waals surface area contributed by atoms with Crippen molar-refractivity contribution in [3.63, 3.8) is 0 Å². The molecule has 0 fully saturated rings. The molecule has 0 saturated heterocycles. The fraction of sp³-hybridized carbons (Fsp3) is 0.235. The predicted molar refractivity (Wildman–Crippen MR) is 102 cm³/mol. The Labute approximate surface area is 170 Å². The monoisotopic (exact) mass is 513 g/mol. The fourth-order valence-corrected chi connectivity index (χ4v) is 2.58. The van der Waals surface area contributed by atoms with Gasteiger partial charge >= 0.3 is 6.18 Å². The molecular formula is C17H13Br2ClF3NO2. The molecule has 140 valence electrons. The van der Waals surface area contributed by atoms with Gasteiger partial charge in [-0.15, -0.1) is 0 Å². The van der Waals surface area contributed by atoms with Gasteiger partial charge in [-0.3, -0.25) is 0 Å². The van der Waals surface area contributed by atoms with Gasteiger partial charge in [0.1, 0.15) is 23.1 Å². The third-order valence-electron chi connectivity index (χ3n) is 3.25. The quantitative estimate of drug-likeness (QED) is 0.423. The largest absolute Gasteiger partial charge is 0.489 e. The third-order valence-corrected chi connectivity index (χ3v) is 4.17. The Balaban J connectivity index is 2.23. The SMILES string of the molecule is Cc1cc(OCC=C(Br)Br)cc(C)c1Oc1ncc(C(F)(F)F)cc1Cl. The molecule has 0 aliphatic heterocycles. The van der Waals surface area contributed by atoms with Gasteiger partial charge in [0, 0.05) is 6.20 Å². The Morgan fingerprint density at radius 3 is 2.31 bits per heavy atom. The molecule has 3 nitrogen and oxygen atoms in total. The first kappa shape index (κ1) is 21.1. The number of hydrogen-bond acceptors (Lipinski definition) is 3. The molecule has 0 aliphatic rings. The third kappa shape index (κ3) is 5.62. The number of nitrogens with zero attached hydrogens (tertiary/aromatic N) is 1. The van der Waals surface area contributed by atoms with Crippen LogP contribution in [0.3, 0.4) is 0 Å². The zero-order chi connectivity index (χ0) is 19.5. The number of rotatable bonds is 5. The standard InChI is InChI=1S/C17H13Br2ClF3NO2/c1-9-5-12(25-4-3-14(18)19)6-10(2)15(9)26-16-13(20)7-11(8-24-16)17(21,22)23/h3,5-8H,4H2,1-2H3. The molecule has 0 radical (unpaired) electrons. The summed E-state index contributed by atoms with van der Waals surface area (Å²) in [4.78, 5) is 3.69. The minimum absolute atomic E-state index is 0.0920. The van der Waals surface area contributed by atoms with E-state index in [9.17, 15) is 13.2 Å². The molecule has 0 bridgehead atoms. The highest BCUT2D eigenvalue weighted by Crippen LogP contribution is 2.37. The lowest BCUT2D eigenvalue weighted by molar-refractivity contribution is -0.137. The molecule has 0 unspecified atom stereocenters. The minimum Gasteiger partial charge on any atom is -0.489 e. The predicted octanol–water partition coefficient (Wildman–Crippen LogP) is 7.17. The smallest absolute Gasteiger partial charge is 0.417 e. The van der Waals surface area contributed by atoms with Crippen LogP contribution in [0.15, 0.2) is 33.9 Å². The van der Waals surface area contributed by atoms with Crippen LogP contribution in [-0.4, -0.2) is 11.6 Å². The Morgan fingerprint density at radius 1 is 1.19 bits per heavy atom. The summed E-state index contributed by atoms with van der Waals surface area (Å²) in [7, 11) is 0. The summed E-state index contributed by atoms with van der Waals surface area (Å²) in [6, 6.07) is 4.31. The molecular weight excluding hydrogens is 502 g/mol. The van der Waals surface area contributed by atoms with E-state index in [1.54, 1.807) is 32.1 Å². The lowest BCUT2D eigenvalue weighted by Gasteiger charge is -2.15. The number of ether oxygens (including phenoxy) is 2. The second kappa shape index (κ2) is 8.63. The van der Waals surface area contributed by atoms with Crippen molar-refractivity contribution >= 4 is 43.5 Å². The van der Waals surface area contributed by atoms with E-state index in [2.05, 4.69) is 36.8 Å². The number of alkyl halides is 3. The van der Waals surface area contributed by atoms with Gasteiger partial charge in [-0.25, -0.2) is 4.98 Å². The summed E-state index contributed by atoms with van der Waals surface area (Å²) in [5.41, 5.74) is 0.539. The van der Waals surface area contributed by atoms with Crippen LogP contribution in [-0.2, 0) is 6.18 Å². The molecule has 0 aliphatic carbocycles. The molecule has 0 spiro atoms. The number of aryl methyl sites for hydroxylation is 2. The van der Waals surface area contributed by atoms with Gasteiger partial charge in [0.05, 0.1) is 8.96 Å². The van der Waals surface area contributed by atoms with Crippen molar-refractivity contribution in [3.05, 3.63) is 55.6 Å². The van der Waals surface area contributed by atoms with Crippen LogP contribution in [0, 0.1) is 13.8 Å². The molecule has 2 rings (SSSR count). The normalized spacial score (nSPS) is 11.2. The number of hydrogen-bond donors (Lipinski definition) is 0. The summed E-state index contributed by atoms with van der Waals surface area (Å²) in [5.74, 6) is 1.01. The first-order valence-corrected chi connectivity index (χ1v) is 9.20. The summed E-state index contributed by atoms with van der Waals surface area (Å²) in [6.45, 7) is 3.95. The van der Waals surface area contributed by atoms with Gasteiger partial charge in [-0.1, -0.05) is 11.6 Å². The summed E-state index contributed by atoms with van der Waals surface area (Å²) >= 11 is 12.4. The number of halogens is 6. The molecule has 0 amide bonds. The van der Waals surface area contributed by atoms with E-state index >= 15 is 0 Å². The van der Waals surface area contributed by atoms with Crippen LogP contribution in [0.4, 0.5) is 13.2 Å². The molecule has 9 heteroatoms. The molecule has 1 aromatic heterocycles. The summed E-state index contributed by atoms with van der Waals surface area (Å²) in [6.07, 6.45) is -2.03. The highest BCUT2D eigenvalue weighted by Gasteiger charge is 2.32. The van der Waals surface area contributed by atoms with Gasteiger partial charge in [0.25, 0.3) is 0 Å². The highest BCUT2D eigenvalue weighted by molar-refractivity contribution is 9.28. The summed E-state index contributed by atoms with van der Waals surface area (Å²) < 4.78 is 50.1. The van der Waals surface area contributed by atoms with Crippen molar-refractivity contribution in [1.82, 2.24) is 4.98 Å². The van der Waals surface area contributed by atoms with E-state index in [-0.39, 0.29) is 10.9 Å². The second-order valence-electron chi connectivity index (χ2n) is 5.30. The average molecular weight is 516 g/mol. The zero-order valence-electron chi connectivity index (χ0n) is 13.6. The van der Waals surface area contributed by atoms with Crippen LogP contribution in [0.5, 0.6) is 17.4 Å². The van der Waals surface area contributed by atoms with Crippen LogP contribution in [0.25, 0.3) is 0 Å². The minimum atomic E-state index is -4.52. The summed E-state index contributed by atoms with van der Waals surface area (Å²) in [5, 5.41) is -0.216. The van der Waals surface area contributed by atoms with Gasteiger partial charge in [-0.2, -0.15) is 13.2 Å². The Bertz CT molecular complexity index is 814.